The van der Waals surface area contributed by atoms with Crippen LogP contribution in [-0.4, -0.2) is 74.2 Å². The molecule has 2 saturated heterocycles. The van der Waals surface area contributed by atoms with Crippen LogP contribution >= 0.6 is 0 Å². The minimum Gasteiger partial charge on any atom is -0.303 e. The van der Waals surface area contributed by atoms with E-state index in [2.05, 4.69) is 27.3 Å². The molecule has 0 amide bonds. The molecule has 2 heterocycles. The molecule has 4 nitrogen and oxygen atoms in total. The molecule has 1 N–H and O–H groups in total. The predicted octanol–water partition coefficient (Wildman–Crippen LogP) is -0.948. The molecule has 2 fully saturated rings. The standard InChI is InChI=1S/C9H20N4/c1-10-13-5-3-12(4-6-13)9-7-11(2)8-9/h9-10H,3-8H2,1-2H3. The fraction of sp³-hybridized carbons (Fsp3) is 1.00. The van der Waals surface area contributed by atoms with Gasteiger partial charge in [0.2, 0.25) is 0 Å². The molecule has 0 radical (unpaired) electrons. The third kappa shape index (κ3) is 2.02. The second-order valence-electron chi connectivity index (χ2n) is 4.12. The summed E-state index contributed by atoms with van der Waals surface area (Å²) >= 11 is 0. The molecule has 0 atom stereocenters. The van der Waals surface area contributed by atoms with Crippen molar-refractivity contribution in [3.8, 4) is 0 Å². The summed E-state index contributed by atoms with van der Waals surface area (Å²) in [7, 11) is 4.20. The van der Waals surface area contributed by atoms with Crippen molar-refractivity contribution in [2.24, 2.45) is 0 Å². The monoisotopic (exact) mass is 184 g/mol. The Morgan fingerprint density at radius 1 is 1.08 bits per heavy atom. The van der Waals surface area contributed by atoms with E-state index in [-0.39, 0.29) is 0 Å². The lowest BCUT2D eigenvalue weighted by Gasteiger charge is -2.46. The number of nitrogens with zero attached hydrogens (tertiary/aromatic N) is 3. The van der Waals surface area contributed by atoms with Gasteiger partial charge in [0, 0.05) is 45.3 Å². The number of piperazine rings is 1. The number of hydrogen-bond donors (Lipinski definition) is 1. The first kappa shape index (κ1) is 9.40. The van der Waals surface area contributed by atoms with Crippen molar-refractivity contribution in [2.75, 3.05) is 53.4 Å². The number of hydrogen-bond acceptors (Lipinski definition) is 4. The Labute approximate surface area is 80.4 Å². The Morgan fingerprint density at radius 3 is 2.15 bits per heavy atom. The highest BCUT2D eigenvalue weighted by molar-refractivity contribution is 4.88. The van der Waals surface area contributed by atoms with Gasteiger partial charge < -0.3 is 4.90 Å². The van der Waals surface area contributed by atoms with Crippen LogP contribution in [-0.2, 0) is 0 Å². The van der Waals surface area contributed by atoms with E-state index in [1.807, 2.05) is 7.05 Å². The Hall–Kier alpha value is -0.160. The second kappa shape index (κ2) is 3.92. The van der Waals surface area contributed by atoms with Crippen LogP contribution < -0.4 is 5.43 Å². The number of nitrogens with one attached hydrogen (secondary N) is 1. The van der Waals surface area contributed by atoms with Crippen molar-refractivity contribution in [2.45, 2.75) is 6.04 Å². The van der Waals surface area contributed by atoms with Gasteiger partial charge in [-0.2, -0.15) is 0 Å². The quantitative estimate of drug-likeness (QED) is 0.597. The Kier molecular flexibility index (Phi) is 2.83. The van der Waals surface area contributed by atoms with Crippen LogP contribution in [0.15, 0.2) is 0 Å². The van der Waals surface area contributed by atoms with E-state index < -0.39 is 0 Å². The molecule has 13 heavy (non-hydrogen) atoms. The van der Waals surface area contributed by atoms with Gasteiger partial charge in [0.1, 0.15) is 0 Å². The van der Waals surface area contributed by atoms with Gasteiger partial charge in [-0.3, -0.25) is 10.3 Å². The predicted molar refractivity (Wildman–Crippen MR) is 53.5 cm³/mol. The molecule has 0 unspecified atom stereocenters. The molecule has 0 aromatic rings. The number of likely N-dealkylation sites (tertiary alicyclic amines) is 1. The normalized spacial score (nSPS) is 29.1. The van der Waals surface area contributed by atoms with Crippen molar-refractivity contribution in [1.82, 2.24) is 20.2 Å². The topological polar surface area (TPSA) is 21.8 Å². The Bertz CT molecular complexity index is 159. The molecule has 0 saturated carbocycles. The van der Waals surface area contributed by atoms with Crippen LogP contribution in [0.4, 0.5) is 0 Å². The molecular formula is C9H20N4. The average Bonchev–Trinajstić information content (AvgIpc) is 2.13. The molecular weight excluding hydrogens is 164 g/mol. The lowest BCUT2D eigenvalue weighted by molar-refractivity contribution is 0.00749. The van der Waals surface area contributed by atoms with Crippen LogP contribution in [0.2, 0.25) is 0 Å². The maximum Gasteiger partial charge on any atom is 0.0351 e. The first-order valence-corrected chi connectivity index (χ1v) is 5.14. The van der Waals surface area contributed by atoms with Gasteiger partial charge >= 0.3 is 0 Å². The van der Waals surface area contributed by atoms with Crippen LogP contribution in [0.3, 0.4) is 0 Å². The van der Waals surface area contributed by atoms with Gasteiger partial charge in [0.25, 0.3) is 0 Å². The zero-order valence-corrected chi connectivity index (χ0v) is 8.66. The van der Waals surface area contributed by atoms with E-state index in [9.17, 15) is 0 Å². The molecule has 2 aliphatic heterocycles. The maximum absolute atomic E-state index is 3.20. The van der Waals surface area contributed by atoms with E-state index in [1.165, 1.54) is 26.2 Å². The number of likely N-dealkylation sites (N-methyl/N-ethyl adjacent to an activating group) is 1. The molecule has 0 spiro atoms. The van der Waals surface area contributed by atoms with E-state index in [0.29, 0.717) is 0 Å². The SMILES string of the molecule is CNN1CCN(C2CN(C)C2)CC1. The minimum atomic E-state index is 0.837. The molecule has 0 aromatic carbocycles. The third-order valence-corrected chi connectivity index (χ3v) is 3.19. The first-order valence-electron chi connectivity index (χ1n) is 5.14. The largest absolute Gasteiger partial charge is 0.303 e. The molecule has 4 heteroatoms. The summed E-state index contributed by atoms with van der Waals surface area (Å²) in [5, 5.41) is 2.29. The van der Waals surface area contributed by atoms with Gasteiger partial charge in [-0.15, -0.1) is 0 Å². The third-order valence-electron chi connectivity index (χ3n) is 3.19. The highest BCUT2D eigenvalue weighted by atomic mass is 15.5. The van der Waals surface area contributed by atoms with E-state index >= 15 is 0 Å². The minimum absolute atomic E-state index is 0.837. The van der Waals surface area contributed by atoms with E-state index in [0.717, 1.165) is 19.1 Å². The van der Waals surface area contributed by atoms with Gasteiger partial charge in [0.15, 0.2) is 0 Å². The van der Waals surface area contributed by atoms with Crippen molar-refractivity contribution < 1.29 is 0 Å². The summed E-state index contributed by atoms with van der Waals surface area (Å²) in [6, 6.07) is 0.837. The lowest BCUT2D eigenvalue weighted by Crippen LogP contribution is -2.62. The second-order valence-corrected chi connectivity index (χ2v) is 4.12. The Morgan fingerprint density at radius 2 is 1.69 bits per heavy atom. The van der Waals surface area contributed by atoms with Crippen LogP contribution in [0.5, 0.6) is 0 Å². The fourth-order valence-electron chi connectivity index (χ4n) is 2.21. The maximum atomic E-state index is 3.20. The van der Waals surface area contributed by atoms with Crippen molar-refractivity contribution in [3.05, 3.63) is 0 Å². The number of hydrazine groups is 1. The summed E-state index contributed by atoms with van der Waals surface area (Å²) in [6.45, 7) is 7.30. The molecule has 2 rings (SSSR count). The summed E-state index contributed by atoms with van der Waals surface area (Å²) in [5.41, 5.74) is 3.20. The highest BCUT2D eigenvalue weighted by Crippen LogP contribution is 2.14. The Balaban J connectivity index is 1.72. The summed E-state index contributed by atoms with van der Waals surface area (Å²) in [6.07, 6.45) is 0. The van der Waals surface area contributed by atoms with Gasteiger partial charge in [-0.05, 0) is 14.1 Å². The average molecular weight is 184 g/mol. The van der Waals surface area contributed by atoms with Crippen LogP contribution in [0.1, 0.15) is 0 Å². The molecule has 0 aliphatic carbocycles. The summed E-state index contributed by atoms with van der Waals surface area (Å²) in [5.74, 6) is 0. The lowest BCUT2D eigenvalue weighted by atomic mass is 10.1. The number of rotatable bonds is 2. The van der Waals surface area contributed by atoms with Gasteiger partial charge in [0.05, 0.1) is 0 Å². The molecule has 76 valence electrons. The fourth-order valence-corrected chi connectivity index (χ4v) is 2.21. The molecule has 2 aliphatic rings. The van der Waals surface area contributed by atoms with Crippen LogP contribution in [0, 0.1) is 0 Å². The van der Waals surface area contributed by atoms with Crippen molar-refractivity contribution in [3.63, 3.8) is 0 Å². The van der Waals surface area contributed by atoms with Crippen molar-refractivity contribution >= 4 is 0 Å². The zero-order valence-electron chi connectivity index (χ0n) is 8.66. The van der Waals surface area contributed by atoms with Gasteiger partial charge in [-0.25, -0.2) is 5.01 Å². The van der Waals surface area contributed by atoms with Gasteiger partial charge in [-0.1, -0.05) is 0 Å². The smallest absolute Gasteiger partial charge is 0.0351 e. The van der Waals surface area contributed by atoms with Crippen LogP contribution in [0.25, 0.3) is 0 Å². The zero-order chi connectivity index (χ0) is 9.26. The van der Waals surface area contributed by atoms with E-state index in [4.69, 9.17) is 0 Å². The molecule has 0 bridgehead atoms. The molecule has 0 aromatic heterocycles. The van der Waals surface area contributed by atoms with E-state index in [1.54, 1.807) is 0 Å². The summed E-state index contributed by atoms with van der Waals surface area (Å²) in [4.78, 5) is 5.00. The summed E-state index contributed by atoms with van der Waals surface area (Å²) < 4.78 is 0. The van der Waals surface area contributed by atoms with Crippen molar-refractivity contribution in [1.29, 1.82) is 0 Å². The highest BCUT2D eigenvalue weighted by Gasteiger charge is 2.30. The first-order chi connectivity index (χ1) is 6.29.